The van der Waals surface area contributed by atoms with E-state index in [1.807, 2.05) is 36.4 Å². The zero-order valence-electron chi connectivity index (χ0n) is 13.1. The highest BCUT2D eigenvalue weighted by molar-refractivity contribution is 5.14. The third kappa shape index (κ3) is 3.81. The second-order valence-electron chi connectivity index (χ2n) is 6.35. The number of benzene rings is 2. The van der Waals surface area contributed by atoms with E-state index >= 15 is 0 Å². The molecule has 0 bridgehead atoms. The van der Waals surface area contributed by atoms with Crippen LogP contribution in [0.1, 0.15) is 24.0 Å². The summed E-state index contributed by atoms with van der Waals surface area (Å²) >= 11 is 0. The Balaban J connectivity index is 1.35. The lowest BCUT2D eigenvalue weighted by Gasteiger charge is -2.29. The maximum Gasteiger partial charge on any atom is 0.0868 e. The van der Waals surface area contributed by atoms with Crippen molar-refractivity contribution in [3.8, 4) is 0 Å². The van der Waals surface area contributed by atoms with Crippen molar-refractivity contribution in [1.29, 1.82) is 0 Å². The van der Waals surface area contributed by atoms with E-state index < -0.39 is 0 Å². The van der Waals surface area contributed by atoms with Gasteiger partial charge in [-0.2, -0.15) is 0 Å². The number of hydrogen-bond acceptors (Lipinski definition) is 3. The summed E-state index contributed by atoms with van der Waals surface area (Å²) in [7, 11) is 0. The van der Waals surface area contributed by atoms with Gasteiger partial charge in [-0.05, 0) is 11.1 Å². The number of epoxide rings is 1. The molecule has 1 aliphatic heterocycles. The van der Waals surface area contributed by atoms with Crippen molar-refractivity contribution in [2.75, 3.05) is 0 Å². The Kier molecular flexibility index (Phi) is 4.42. The summed E-state index contributed by atoms with van der Waals surface area (Å²) in [5.74, 6) is 0. The van der Waals surface area contributed by atoms with E-state index in [0.717, 1.165) is 12.8 Å². The topological polar surface area (TPSA) is 31.0 Å². The molecule has 1 saturated carbocycles. The van der Waals surface area contributed by atoms with Gasteiger partial charge < -0.3 is 14.2 Å². The fraction of sp³-hybridized carbons (Fsp3) is 0.400. The summed E-state index contributed by atoms with van der Waals surface area (Å²) < 4.78 is 18.0. The van der Waals surface area contributed by atoms with Gasteiger partial charge in [0, 0.05) is 12.8 Å². The summed E-state index contributed by atoms with van der Waals surface area (Å²) in [6, 6.07) is 20.6. The molecule has 0 N–H and O–H groups in total. The second-order valence-corrected chi connectivity index (χ2v) is 6.35. The van der Waals surface area contributed by atoms with Crippen molar-refractivity contribution >= 4 is 0 Å². The van der Waals surface area contributed by atoms with Crippen LogP contribution in [0.3, 0.4) is 0 Å². The van der Waals surface area contributed by atoms with Gasteiger partial charge in [0.1, 0.15) is 0 Å². The van der Waals surface area contributed by atoms with Crippen molar-refractivity contribution in [1.82, 2.24) is 0 Å². The summed E-state index contributed by atoms with van der Waals surface area (Å²) in [4.78, 5) is 0. The van der Waals surface area contributed by atoms with Gasteiger partial charge in [0.05, 0.1) is 37.6 Å². The molecule has 0 unspecified atom stereocenters. The van der Waals surface area contributed by atoms with Gasteiger partial charge in [-0.25, -0.2) is 0 Å². The van der Waals surface area contributed by atoms with Crippen LogP contribution in [0.5, 0.6) is 0 Å². The Hall–Kier alpha value is -1.68. The average Bonchev–Trinajstić information content (AvgIpc) is 3.37. The lowest BCUT2D eigenvalue weighted by Crippen LogP contribution is -2.37. The van der Waals surface area contributed by atoms with Gasteiger partial charge in [-0.1, -0.05) is 60.7 Å². The third-order valence-corrected chi connectivity index (χ3v) is 4.65. The third-order valence-electron chi connectivity index (χ3n) is 4.65. The zero-order valence-corrected chi connectivity index (χ0v) is 13.1. The molecule has 2 aliphatic rings. The molecule has 0 radical (unpaired) electrons. The van der Waals surface area contributed by atoms with Crippen LogP contribution in [0.2, 0.25) is 0 Å². The van der Waals surface area contributed by atoms with E-state index in [-0.39, 0.29) is 12.2 Å². The van der Waals surface area contributed by atoms with Crippen molar-refractivity contribution in [3.63, 3.8) is 0 Å². The molecular formula is C20H22O3. The predicted molar refractivity (Wildman–Crippen MR) is 87.9 cm³/mol. The SMILES string of the molecule is c1ccc(CO[C@H]2C[C@@H]3O[C@@H]3C[C@H]2OCc2ccccc2)cc1. The maximum atomic E-state index is 6.16. The molecule has 1 heterocycles. The Morgan fingerprint density at radius 2 is 1.13 bits per heavy atom. The molecule has 0 spiro atoms. The number of rotatable bonds is 6. The van der Waals surface area contributed by atoms with E-state index in [2.05, 4.69) is 24.3 Å². The molecule has 0 aromatic heterocycles. The van der Waals surface area contributed by atoms with Gasteiger partial charge in [0.2, 0.25) is 0 Å². The molecule has 23 heavy (non-hydrogen) atoms. The van der Waals surface area contributed by atoms with Gasteiger partial charge >= 0.3 is 0 Å². The highest BCUT2D eigenvalue weighted by Gasteiger charge is 2.49. The van der Waals surface area contributed by atoms with Crippen LogP contribution in [0.25, 0.3) is 0 Å². The Bertz CT molecular complexity index is 558. The standard InChI is InChI=1S/C20H22O3/c1-3-7-15(8-4-1)13-21-17-11-19-20(23-19)12-18(17)22-14-16-9-5-2-6-10-16/h1-10,17-20H,11-14H2/t17-,18+,19-,20+. The van der Waals surface area contributed by atoms with Gasteiger partial charge in [-0.3, -0.25) is 0 Å². The number of hydrogen-bond donors (Lipinski definition) is 0. The van der Waals surface area contributed by atoms with E-state index in [1.54, 1.807) is 0 Å². The zero-order chi connectivity index (χ0) is 15.5. The van der Waals surface area contributed by atoms with E-state index in [1.165, 1.54) is 11.1 Å². The molecule has 2 fully saturated rings. The molecule has 3 heteroatoms. The minimum atomic E-state index is 0.114. The molecular weight excluding hydrogens is 288 g/mol. The normalized spacial score (nSPS) is 29.0. The summed E-state index contributed by atoms with van der Waals surface area (Å²) in [6.45, 7) is 1.27. The number of fused-ring (bicyclic) bond motifs is 1. The van der Waals surface area contributed by atoms with Crippen molar-refractivity contribution in [2.24, 2.45) is 0 Å². The summed E-state index contributed by atoms with van der Waals surface area (Å²) in [5, 5.41) is 0. The highest BCUT2D eigenvalue weighted by atomic mass is 16.6. The predicted octanol–water partition coefficient (Wildman–Crippen LogP) is 3.72. The first-order valence-electron chi connectivity index (χ1n) is 8.35. The monoisotopic (exact) mass is 310 g/mol. The molecule has 4 atom stereocenters. The molecule has 1 aliphatic carbocycles. The first-order chi connectivity index (χ1) is 11.4. The summed E-state index contributed by atoms with van der Waals surface area (Å²) in [5.41, 5.74) is 2.40. The van der Waals surface area contributed by atoms with Crippen molar-refractivity contribution < 1.29 is 14.2 Å². The Morgan fingerprint density at radius 1 is 0.696 bits per heavy atom. The van der Waals surface area contributed by atoms with E-state index in [9.17, 15) is 0 Å². The lowest BCUT2D eigenvalue weighted by molar-refractivity contribution is -0.0981. The largest absolute Gasteiger partial charge is 0.371 e. The van der Waals surface area contributed by atoms with Crippen molar-refractivity contribution in [2.45, 2.75) is 50.5 Å². The smallest absolute Gasteiger partial charge is 0.0868 e. The Morgan fingerprint density at radius 3 is 1.57 bits per heavy atom. The first-order valence-corrected chi connectivity index (χ1v) is 8.35. The van der Waals surface area contributed by atoms with Crippen LogP contribution < -0.4 is 0 Å². The fourth-order valence-electron chi connectivity index (χ4n) is 3.26. The molecule has 1 saturated heterocycles. The van der Waals surface area contributed by atoms with Crippen LogP contribution in [0.4, 0.5) is 0 Å². The van der Waals surface area contributed by atoms with Crippen LogP contribution in [0, 0.1) is 0 Å². The van der Waals surface area contributed by atoms with Crippen LogP contribution in [0.15, 0.2) is 60.7 Å². The molecule has 2 aromatic rings. The maximum absolute atomic E-state index is 6.16. The highest BCUT2D eigenvalue weighted by Crippen LogP contribution is 2.39. The first kappa shape index (κ1) is 14.9. The fourth-order valence-corrected chi connectivity index (χ4v) is 3.26. The molecule has 0 amide bonds. The lowest BCUT2D eigenvalue weighted by atomic mass is 9.94. The quantitative estimate of drug-likeness (QED) is 0.762. The van der Waals surface area contributed by atoms with Crippen LogP contribution >= 0.6 is 0 Å². The average molecular weight is 310 g/mol. The Labute approximate surface area is 137 Å². The van der Waals surface area contributed by atoms with Crippen molar-refractivity contribution in [3.05, 3.63) is 71.8 Å². The minimum Gasteiger partial charge on any atom is -0.371 e. The molecule has 4 rings (SSSR count). The van der Waals surface area contributed by atoms with Gasteiger partial charge in [0.25, 0.3) is 0 Å². The minimum absolute atomic E-state index is 0.114. The van der Waals surface area contributed by atoms with Gasteiger partial charge in [-0.15, -0.1) is 0 Å². The summed E-state index contributed by atoms with van der Waals surface area (Å²) in [6.07, 6.45) is 2.87. The molecule has 120 valence electrons. The van der Waals surface area contributed by atoms with Gasteiger partial charge in [0.15, 0.2) is 0 Å². The molecule has 2 aromatic carbocycles. The van der Waals surface area contributed by atoms with Crippen LogP contribution in [-0.4, -0.2) is 24.4 Å². The van der Waals surface area contributed by atoms with Crippen LogP contribution in [-0.2, 0) is 27.4 Å². The van der Waals surface area contributed by atoms with E-state index in [0.29, 0.717) is 25.4 Å². The number of ether oxygens (including phenoxy) is 3. The second kappa shape index (κ2) is 6.83. The molecule has 3 nitrogen and oxygen atoms in total. The van der Waals surface area contributed by atoms with E-state index in [4.69, 9.17) is 14.2 Å².